The first-order valence-corrected chi connectivity index (χ1v) is 8.23. The Balaban J connectivity index is 1.61. The molecule has 3 rings (SSSR count). The lowest BCUT2D eigenvalue weighted by Crippen LogP contribution is -2.14. The van der Waals surface area contributed by atoms with Crippen LogP contribution in [0.1, 0.15) is 16.1 Å². The van der Waals surface area contributed by atoms with Gasteiger partial charge < -0.3 is 10.6 Å². The highest BCUT2D eigenvalue weighted by molar-refractivity contribution is 6.31. The number of rotatable bonds is 5. The number of anilines is 2. The summed E-state index contributed by atoms with van der Waals surface area (Å²) in [6, 6.07) is 14.4. The standard InChI is InChI=1S/C18H14Cl2N4O/c19-13-5-3-6-14(8-13)24-18(25)16-10-23-17(11-21-16)22-9-12-4-1-2-7-15(12)20/h1-8,10-11H,9H2,(H,22,23)(H,24,25). The van der Waals surface area contributed by atoms with Crippen molar-refractivity contribution >= 4 is 40.6 Å². The largest absolute Gasteiger partial charge is 0.365 e. The highest BCUT2D eigenvalue weighted by Crippen LogP contribution is 2.17. The van der Waals surface area contributed by atoms with Crippen molar-refractivity contribution in [2.75, 3.05) is 10.6 Å². The number of hydrogen-bond acceptors (Lipinski definition) is 4. The van der Waals surface area contributed by atoms with Crippen LogP contribution in [0.25, 0.3) is 0 Å². The predicted octanol–water partition coefficient (Wildman–Crippen LogP) is 4.65. The van der Waals surface area contributed by atoms with Crippen LogP contribution in [0.5, 0.6) is 0 Å². The van der Waals surface area contributed by atoms with Crippen LogP contribution in [0.2, 0.25) is 10.0 Å². The average Bonchev–Trinajstić information content (AvgIpc) is 2.61. The van der Waals surface area contributed by atoms with Crippen molar-refractivity contribution in [3.63, 3.8) is 0 Å². The van der Waals surface area contributed by atoms with Gasteiger partial charge in [-0.05, 0) is 29.8 Å². The van der Waals surface area contributed by atoms with E-state index >= 15 is 0 Å². The zero-order valence-electron chi connectivity index (χ0n) is 13.0. The maximum absolute atomic E-state index is 12.2. The van der Waals surface area contributed by atoms with Crippen molar-refractivity contribution in [2.45, 2.75) is 6.54 Å². The molecule has 0 bridgehead atoms. The normalized spacial score (nSPS) is 10.3. The summed E-state index contributed by atoms with van der Waals surface area (Å²) < 4.78 is 0. The smallest absolute Gasteiger partial charge is 0.275 e. The maximum Gasteiger partial charge on any atom is 0.275 e. The van der Waals surface area contributed by atoms with Crippen molar-refractivity contribution in [2.24, 2.45) is 0 Å². The van der Waals surface area contributed by atoms with Crippen molar-refractivity contribution in [1.82, 2.24) is 9.97 Å². The molecule has 5 nitrogen and oxygen atoms in total. The number of benzene rings is 2. The summed E-state index contributed by atoms with van der Waals surface area (Å²) >= 11 is 12.0. The second-order valence-corrected chi connectivity index (χ2v) is 6.04. The van der Waals surface area contributed by atoms with E-state index in [1.165, 1.54) is 12.4 Å². The molecule has 1 amide bonds. The number of aromatic nitrogens is 2. The second-order valence-electron chi connectivity index (χ2n) is 5.20. The van der Waals surface area contributed by atoms with Crippen LogP contribution in [-0.4, -0.2) is 15.9 Å². The molecule has 0 aliphatic heterocycles. The number of halogens is 2. The Morgan fingerprint density at radius 3 is 2.56 bits per heavy atom. The first-order chi connectivity index (χ1) is 12.1. The summed E-state index contributed by atoms with van der Waals surface area (Å²) in [6.07, 6.45) is 2.92. The van der Waals surface area contributed by atoms with E-state index in [0.29, 0.717) is 28.1 Å². The summed E-state index contributed by atoms with van der Waals surface area (Å²) in [4.78, 5) is 20.5. The SMILES string of the molecule is O=C(Nc1cccc(Cl)c1)c1cnc(NCc2ccccc2Cl)cn1. The molecule has 0 unspecified atom stereocenters. The summed E-state index contributed by atoms with van der Waals surface area (Å²) in [5.41, 5.74) is 1.76. The Kier molecular flexibility index (Phi) is 5.48. The summed E-state index contributed by atoms with van der Waals surface area (Å²) in [7, 11) is 0. The molecule has 126 valence electrons. The molecule has 1 aromatic heterocycles. The number of carbonyl (C=O) groups is 1. The molecule has 0 aliphatic rings. The van der Waals surface area contributed by atoms with E-state index in [2.05, 4.69) is 20.6 Å². The Morgan fingerprint density at radius 2 is 1.84 bits per heavy atom. The van der Waals surface area contributed by atoms with Crippen LogP contribution >= 0.6 is 23.2 Å². The van der Waals surface area contributed by atoms with Crippen molar-refractivity contribution in [1.29, 1.82) is 0 Å². The van der Waals surface area contributed by atoms with Gasteiger partial charge in [-0.25, -0.2) is 9.97 Å². The highest BCUT2D eigenvalue weighted by atomic mass is 35.5. The fourth-order valence-corrected chi connectivity index (χ4v) is 2.52. The molecule has 2 N–H and O–H groups in total. The quantitative estimate of drug-likeness (QED) is 0.683. The number of nitrogens with zero attached hydrogens (tertiary/aromatic N) is 2. The molecule has 0 saturated heterocycles. The molecule has 25 heavy (non-hydrogen) atoms. The molecule has 0 fully saturated rings. The van der Waals surface area contributed by atoms with E-state index in [1.807, 2.05) is 24.3 Å². The number of amides is 1. The summed E-state index contributed by atoms with van der Waals surface area (Å²) in [5.74, 6) is 0.201. The monoisotopic (exact) mass is 372 g/mol. The number of nitrogens with one attached hydrogen (secondary N) is 2. The lowest BCUT2D eigenvalue weighted by atomic mass is 10.2. The fraction of sp³-hybridized carbons (Fsp3) is 0.0556. The van der Waals surface area contributed by atoms with Crippen LogP contribution in [0.4, 0.5) is 11.5 Å². The Hall–Kier alpha value is -2.63. The van der Waals surface area contributed by atoms with Gasteiger partial charge in [0.1, 0.15) is 11.5 Å². The molecule has 1 heterocycles. The van der Waals surface area contributed by atoms with Gasteiger partial charge in [0.05, 0.1) is 12.4 Å². The first-order valence-electron chi connectivity index (χ1n) is 7.48. The van der Waals surface area contributed by atoms with Gasteiger partial charge in [0.2, 0.25) is 0 Å². The number of carbonyl (C=O) groups excluding carboxylic acids is 1. The Morgan fingerprint density at radius 1 is 1.00 bits per heavy atom. The molecule has 0 aliphatic carbocycles. The minimum absolute atomic E-state index is 0.211. The van der Waals surface area contributed by atoms with Crippen LogP contribution in [0, 0.1) is 0 Å². The molecule has 0 atom stereocenters. The van der Waals surface area contributed by atoms with Crippen LogP contribution < -0.4 is 10.6 Å². The third kappa shape index (κ3) is 4.68. The molecule has 7 heteroatoms. The molecule has 0 saturated carbocycles. The van der Waals surface area contributed by atoms with Crippen LogP contribution in [0.15, 0.2) is 60.9 Å². The van der Waals surface area contributed by atoms with Crippen LogP contribution in [0.3, 0.4) is 0 Å². The zero-order chi connectivity index (χ0) is 17.6. The minimum Gasteiger partial charge on any atom is -0.365 e. The van der Waals surface area contributed by atoms with Gasteiger partial charge in [-0.15, -0.1) is 0 Å². The van der Waals surface area contributed by atoms with Gasteiger partial charge in [0.25, 0.3) is 5.91 Å². The second kappa shape index (κ2) is 7.96. The Bertz CT molecular complexity index is 884. The van der Waals surface area contributed by atoms with Crippen molar-refractivity contribution in [3.05, 3.63) is 82.2 Å². The van der Waals surface area contributed by atoms with E-state index in [0.717, 1.165) is 5.56 Å². The van der Waals surface area contributed by atoms with Gasteiger partial charge in [-0.2, -0.15) is 0 Å². The van der Waals surface area contributed by atoms with Gasteiger partial charge in [-0.3, -0.25) is 4.79 Å². The molecule has 3 aromatic rings. The summed E-state index contributed by atoms with van der Waals surface area (Å²) in [5, 5.41) is 7.06. The van der Waals surface area contributed by atoms with E-state index in [-0.39, 0.29) is 11.6 Å². The molecule has 2 aromatic carbocycles. The number of hydrogen-bond donors (Lipinski definition) is 2. The van der Waals surface area contributed by atoms with E-state index < -0.39 is 0 Å². The van der Waals surface area contributed by atoms with E-state index in [1.54, 1.807) is 24.3 Å². The van der Waals surface area contributed by atoms with E-state index in [4.69, 9.17) is 23.2 Å². The average molecular weight is 373 g/mol. The van der Waals surface area contributed by atoms with E-state index in [9.17, 15) is 4.79 Å². The Labute approximate surface area is 155 Å². The first kappa shape index (κ1) is 17.2. The molecular weight excluding hydrogens is 359 g/mol. The van der Waals surface area contributed by atoms with Gasteiger partial charge in [-0.1, -0.05) is 47.5 Å². The fourth-order valence-electron chi connectivity index (χ4n) is 2.13. The van der Waals surface area contributed by atoms with Gasteiger partial charge >= 0.3 is 0 Å². The summed E-state index contributed by atoms with van der Waals surface area (Å²) in [6.45, 7) is 0.516. The van der Waals surface area contributed by atoms with Gasteiger partial charge in [0, 0.05) is 22.3 Å². The van der Waals surface area contributed by atoms with Crippen LogP contribution in [-0.2, 0) is 6.54 Å². The van der Waals surface area contributed by atoms with Crippen molar-refractivity contribution in [3.8, 4) is 0 Å². The molecule has 0 radical (unpaired) electrons. The molecular formula is C18H14Cl2N4O. The highest BCUT2D eigenvalue weighted by Gasteiger charge is 2.09. The maximum atomic E-state index is 12.2. The van der Waals surface area contributed by atoms with Gasteiger partial charge in [0.15, 0.2) is 0 Å². The lowest BCUT2D eigenvalue weighted by molar-refractivity contribution is 0.102. The molecule has 0 spiro atoms. The third-order valence-corrected chi connectivity index (χ3v) is 3.99. The van der Waals surface area contributed by atoms with Crippen molar-refractivity contribution < 1.29 is 4.79 Å². The predicted molar refractivity (Wildman–Crippen MR) is 100 cm³/mol. The lowest BCUT2D eigenvalue weighted by Gasteiger charge is -2.08. The third-order valence-electron chi connectivity index (χ3n) is 3.38. The minimum atomic E-state index is -0.354. The topological polar surface area (TPSA) is 66.9 Å². The zero-order valence-corrected chi connectivity index (χ0v) is 14.6.